The number of thioether (sulfide) groups is 1. The number of carbonyl (C=O) groups is 1. The smallest absolute Gasteiger partial charge is 0.348 e. The van der Waals surface area contributed by atoms with E-state index in [4.69, 9.17) is 13.9 Å². The Labute approximate surface area is 191 Å². The van der Waals surface area contributed by atoms with Gasteiger partial charge >= 0.3 is 5.97 Å². The second-order valence-electron chi connectivity index (χ2n) is 6.74. The molecule has 0 saturated carbocycles. The minimum Gasteiger partial charge on any atom is -0.496 e. The average Bonchev–Trinajstić information content (AvgIpc) is 3.38. The first-order chi connectivity index (χ1) is 15.4. The summed E-state index contributed by atoms with van der Waals surface area (Å²) in [6, 6.07) is 7.35. The number of fused-ring (bicyclic) bond motifs is 1. The van der Waals surface area contributed by atoms with E-state index in [9.17, 15) is 9.59 Å². The van der Waals surface area contributed by atoms with Gasteiger partial charge in [0.15, 0.2) is 0 Å². The number of ether oxygens (including phenoxy) is 2. The average molecular weight is 473 g/mol. The first-order valence-electron chi connectivity index (χ1n) is 9.76. The number of H-pyrrole nitrogens is 1. The second-order valence-corrected chi connectivity index (χ2v) is 9.03. The molecule has 4 rings (SSSR count). The molecular weight excluding hydrogens is 452 g/mol. The number of aromatic nitrogens is 4. The van der Waals surface area contributed by atoms with Gasteiger partial charge in [-0.25, -0.2) is 9.78 Å². The molecule has 1 unspecified atom stereocenters. The lowest BCUT2D eigenvalue weighted by atomic mass is 10.2. The molecular formula is C21H20N4O5S2. The zero-order chi connectivity index (χ0) is 22.8. The summed E-state index contributed by atoms with van der Waals surface area (Å²) in [6.07, 6.45) is 0. The summed E-state index contributed by atoms with van der Waals surface area (Å²) in [7, 11) is 1.57. The van der Waals surface area contributed by atoms with E-state index in [1.54, 1.807) is 21.0 Å². The van der Waals surface area contributed by atoms with Crippen LogP contribution in [0.5, 0.6) is 5.75 Å². The van der Waals surface area contributed by atoms with Crippen molar-refractivity contribution in [3.05, 3.63) is 50.9 Å². The summed E-state index contributed by atoms with van der Waals surface area (Å²) < 4.78 is 16.2. The maximum Gasteiger partial charge on any atom is 0.348 e. The number of hydrogen-bond acceptors (Lipinski definition) is 10. The molecule has 11 heteroatoms. The highest BCUT2D eigenvalue weighted by atomic mass is 32.2. The molecule has 0 aliphatic rings. The fourth-order valence-corrected chi connectivity index (χ4v) is 4.96. The van der Waals surface area contributed by atoms with Gasteiger partial charge in [0.1, 0.15) is 21.3 Å². The van der Waals surface area contributed by atoms with Crippen molar-refractivity contribution in [1.82, 2.24) is 20.2 Å². The zero-order valence-electron chi connectivity index (χ0n) is 17.8. The molecule has 0 saturated heterocycles. The lowest BCUT2D eigenvalue weighted by Crippen LogP contribution is -2.12. The van der Waals surface area contributed by atoms with Crippen LogP contribution in [0.15, 0.2) is 38.7 Å². The van der Waals surface area contributed by atoms with Crippen molar-refractivity contribution in [3.63, 3.8) is 0 Å². The van der Waals surface area contributed by atoms with Gasteiger partial charge < -0.3 is 18.9 Å². The van der Waals surface area contributed by atoms with Crippen LogP contribution in [-0.2, 0) is 4.74 Å². The zero-order valence-corrected chi connectivity index (χ0v) is 19.4. The summed E-state index contributed by atoms with van der Waals surface area (Å²) in [4.78, 5) is 33.1. The molecule has 4 aromatic rings. The molecule has 0 spiro atoms. The van der Waals surface area contributed by atoms with Crippen molar-refractivity contribution in [1.29, 1.82) is 0 Å². The number of hydrogen-bond donors (Lipinski definition) is 1. The minimum absolute atomic E-state index is 0.260. The van der Waals surface area contributed by atoms with Crippen LogP contribution < -0.4 is 10.3 Å². The largest absolute Gasteiger partial charge is 0.496 e. The van der Waals surface area contributed by atoms with Crippen LogP contribution in [0, 0.1) is 6.92 Å². The molecule has 3 aromatic heterocycles. The van der Waals surface area contributed by atoms with Crippen LogP contribution in [0.25, 0.3) is 21.7 Å². The van der Waals surface area contributed by atoms with E-state index < -0.39 is 5.97 Å². The highest BCUT2D eigenvalue weighted by Crippen LogP contribution is 2.36. The van der Waals surface area contributed by atoms with Gasteiger partial charge in [-0.05, 0) is 38.5 Å². The van der Waals surface area contributed by atoms with E-state index in [-0.39, 0.29) is 17.4 Å². The Morgan fingerprint density at radius 1 is 1.31 bits per heavy atom. The van der Waals surface area contributed by atoms with Crippen molar-refractivity contribution < 1.29 is 18.7 Å². The number of nitrogens with one attached hydrogen (secondary N) is 1. The first-order valence-corrected chi connectivity index (χ1v) is 11.5. The van der Waals surface area contributed by atoms with Gasteiger partial charge in [-0.15, -0.1) is 21.5 Å². The van der Waals surface area contributed by atoms with Crippen molar-refractivity contribution in [2.24, 2.45) is 0 Å². The molecule has 0 bridgehead atoms. The molecule has 0 fully saturated rings. The highest BCUT2D eigenvalue weighted by molar-refractivity contribution is 7.99. The number of rotatable bonds is 7. The summed E-state index contributed by atoms with van der Waals surface area (Å²) >= 11 is 2.42. The molecule has 32 heavy (non-hydrogen) atoms. The van der Waals surface area contributed by atoms with E-state index in [1.165, 1.54) is 11.8 Å². The summed E-state index contributed by atoms with van der Waals surface area (Å²) in [6.45, 7) is 5.59. The molecule has 1 aromatic carbocycles. The van der Waals surface area contributed by atoms with Crippen LogP contribution in [0.4, 0.5) is 0 Å². The van der Waals surface area contributed by atoms with E-state index in [0.29, 0.717) is 48.9 Å². The molecule has 166 valence electrons. The van der Waals surface area contributed by atoms with E-state index in [0.717, 1.165) is 11.3 Å². The third-order valence-corrected chi connectivity index (χ3v) is 6.80. The predicted octanol–water partition coefficient (Wildman–Crippen LogP) is 4.38. The summed E-state index contributed by atoms with van der Waals surface area (Å²) in [5.41, 5.74) is 0.958. The normalized spacial score (nSPS) is 12.1. The van der Waals surface area contributed by atoms with Gasteiger partial charge in [-0.2, -0.15) is 0 Å². The number of methoxy groups -OCH3 is 1. The number of aryl methyl sites for hydroxylation is 1. The van der Waals surface area contributed by atoms with Gasteiger partial charge in [0, 0.05) is 0 Å². The Morgan fingerprint density at radius 2 is 2.09 bits per heavy atom. The molecule has 9 nitrogen and oxygen atoms in total. The lowest BCUT2D eigenvalue weighted by molar-refractivity contribution is 0.0531. The Kier molecular flexibility index (Phi) is 6.28. The van der Waals surface area contributed by atoms with Crippen molar-refractivity contribution in [3.8, 4) is 17.2 Å². The molecule has 0 aliphatic carbocycles. The Bertz CT molecular complexity index is 1340. The van der Waals surface area contributed by atoms with Gasteiger partial charge in [0.05, 0.1) is 29.9 Å². The molecule has 1 N–H and O–H groups in total. The molecule has 0 aliphatic heterocycles. The number of thiophene rings is 1. The maximum absolute atomic E-state index is 12.7. The molecule has 3 heterocycles. The van der Waals surface area contributed by atoms with Crippen LogP contribution in [0.1, 0.15) is 40.2 Å². The number of carbonyl (C=O) groups excluding carboxylic acids is 1. The van der Waals surface area contributed by atoms with Crippen molar-refractivity contribution in [2.75, 3.05) is 13.7 Å². The Hall–Kier alpha value is -3.18. The van der Waals surface area contributed by atoms with Crippen molar-refractivity contribution >= 4 is 39.3 Å². The quantitative estimate of drug-likeness (QED) is 0.308. The lowest BCUT2D eigenvalue weighted by Gasteiger charge is -2.07. The SMILES string of the molecule is CCOC(=O)c1sc2nc(C(C)Sc3nnc(-c4ccccc4OC)o3)[nH]c(=O)c2c1C. The van der Waals surface area contributed by atoms with Crippen LogP contribution in [-0.4, -0.2) is 39.9 Å². The van der Waals surface area contributed by atoms with Gasteiger partial charge in [-0.1, -0.05) is 23.9 Å². The van der Waals surface area contributed by atoms with Gasteiger partial charge in [-0.3, -0.25) is 4.79 Å². The second kappa shape index (κ2) is 9.13. The fourth-order valence-electron chi connectivity index (χ4n) is 3.14. The Morgan fingerprint density at radius 3 is 2.84 bits per heavy atom. The standard InChI is InChI=1S/C21H20N4O5S2/c1-5-29-20(27)15-10(2)14-17(26)22-16(23-19(14)32-15)11(3)31-21-25-24-18(30-21)12-8-6-7-9-13(12)28-4/h6-9,11H,5H2,1-4H3,(H,22,23,26). The van der Waals surface area contributed by atoms with Crippen molar-refractivity contribution in [2.45, 2.75) is 31.2 Å². The molecule has 1 atom stereocenters. The van der Waals surface area contributed by atoms with Crippen LogP contribution in [0.3, 0.4) is 0 Å². The van der Waals surface area contributed by atoms with Crippen LogP contribution >= 0.6 is 23.1 Å². The summed E-state index contributed by atoms with van der Waals surface area (Å²) in [5.74, 6) is 0.956. The van der Waals surface area contributed by atoms with Crippen LogP contribution in [0.2, 0.25) is 0 Å². The fraction of sp³-hybridized carbons (Fsp3) is 0.286. The monoisotopic (exact) mass is 472 g/mol. The third kappa shape index (κ3) is 4.13. The Balaban J connectivity index is 1.61. The van der Waals surface area contributed by atoms with Gasteiger partial charge in [0.25, 0.3) is 16.7 Å². The molecule has 0 amide bonds. The third-order valence-electron chi connectivity index (χ3n) is 4.69. The number of aromatic amines is 1. The van der Waals surface area contributed by atoms with E-state index >= 15 is 0 Å². The molecule has 0 radical (unpaired) electrons. The number of para-hydroxylation sites is 1. The number of esters is 1. The first kappa shape index (κ1) is 22.0. The summed E-state index contributed by atoms with van der Waals surface area (Å²) in [5, 5.41) is 8.64. The number of nitrogens with zero attached hydrogens (tertiary/aromatic N) is 3. The maximum atomic E-state index is 12.7. The minimum atomic E-state index is -0.453. The van der Waals surface area contributed by atoms with Gasteiger partial charge in [0.2, 0.25) is 0 Å². The number of benzene rings is 1. The van der Waals surface area contributed by atoms with E-state index in [1.807, 2.05) is 31.2 Å². The highest BCUT2D eigenvalue weighted by Gasteiger charge is 2.23. The predicted molar refractivity (Wildman–Crippen MR) is 121 cm³/mol. The van der Waals surface area contributed by atoms with E-state index in [2.05, 4.69) is 20.2 Å². The topological polar surface area (TPSA) is 120 Å².